The van der Waals surface area contributed by atoms with Crippen LogP contribution in [0, 0.1) is 0 Å². The summed E-state index contributed by atoms with van der Waals surface area (Å²) in [6.45, 7) is 6.44. The maximum absolute atomic E-state index is 12.9. The summed E-state index contributed by atoms with van der Waals surface area (Å²) in [5, 5.41) is 0. The Kier molecular flexibility index (Phi) is 55.9. The van der Waals surface area contributed by atoms with Crippen LogP contribution in [0.1, 0.15) is 278 Å². The van der Waals surface area contributed by atoms with Crippen molar-refractivity contribution in [1.29, 1.82) is 0 Å². The molecule has 0 spiro atoms. The van der Waals surface area contributed by atoms with E-state index in [0.29, 0.717) is 19.3 Å². The second-order valence-electron chi connectivity index (χ2n) is 19.7. The molecule has 0 aliphatic heterocycles. The monoisotopic (exact) mass is 987 g/mol. The van der Waals surface area contributed by atoms with E-state index < -0.39 is 6.10 Å². The number of carbonyl (C=O) groups excluding carboxylic acids is 3. The quantitative estimate of drug-likeness (QED) is 0.0199. The highest BCUT2D eigenvalue weighted by atomic mass is 16.6. The number of unbranched alkanes of at least 4 members (excludes halogenated alkanes) is 31. The Labute approximate surface area is 438 Å². The molecule has 406 valence electrons. The lowest BCUT2D eigenvalue weighted by Gasteiger charge is -2.18. The van der Waals surface area contributed by atoms with Crippen LogP contribution in [0.25, 0.3) is 0 Å². The molecule has 0 heterocycles. The van der Waals surface area contributed by atoms with E-state index in [1.54, 1.807) is 0 Å². The molecule has 0 saturated carbocycles. The zero-order chi connectivity index (χ0) is 51.4. The third-order valence-electron chi connectivity index (χ3n) is 12.7. The lowest BCUT2D eigenvalue weighted by molar-refractivity contribution is -0.167. The van der Waals surface area contributed by atoms with Gasteiger partial charge in [-0.15, -0.1) is 0 Å². The number of ether oxygens (including phenoxy) is 3. The highest BCUT2D eigenvalue weighted by Crippen LogP contribution is 2.15. The molecule has 0 aromatic rings. The molecule has 0 saturated heterocycles. The maximum atomic E-state index is 12.9. The van der Waals surface area contributed by atoms with Crippen molar-refractivity contribution in [3.8, 4) is 0 Å². The van der Waals surface area contributed by atoms with Crippen LogP contribution in [-0.2, 0) is 28.6 Å². The lowest BCUT2D eigenvalue weighted by Crippen LogP contribution is -2.30. The first kappa shape index (κ1) is 67.3. The molecule has 6 nitrogen and oxygen atoms in total. The SMILES string of the molecule is CC\C=C/C=C\C=C/C=C\C=C/CCCCCC(=O)OCC(COC(=O)CCCCCCCCCCCC/C=C\C=C/CCCCC)OC(=O)CCCCCCCCC/C=C\CCCCCCCCCC. The fourth-order valence-corrected chi connectivity index (χ4v) is 8.21. The van der Waals surface area contributed by atoms with E-state index in [9.17, 15) is 14.4 Å². The molecule has 0 radical (unpaired) electrons. The molecule has 0 aromatic carbocycles. The van der Waals surface area contributed by atoms with Gasteiger partial charge in [0.15, 0.2) is 6.10 Å². The summed E-state index contributed by atoms with van der Waals surface area (Å²) in [5.41, 5.74) is 0. The van der Waals surface area contributed by atoms with Crippen LogP contribution < -0.4 is 0 Å². The largest absolute Gasteiger partial charge is 0.462 e. The summed E-state index contributed by atoms with van der Waals surface area (Å²) in [7, 11) is 0. The minimum absolute atomic E-state index is 0.0950. The highest BCUT2D eigenvalue weighted by molar-refractivity contribution is 5.71. The van der Waals surface area contributed by atoms with Gasteiger partial charge in [0.2, 0.25) is 0 Å². The van der Waals surface area contributed by atoms with Gasteiger partial charge < -0.3 is 14.2 Å². The predicted molar refractivity (Wildman–Crippen MR) is 307 cm³/mol. The molecule has 71 heavy (non-hydrogen) atoms. The molecular formula is C65H110O6. The summed E-state index contributed by atoms with van der Waals surface area (Å²) >= 11 is 0. The Bertz CT molecular complexity index is 1410. The normalized spacial score (nSPS) is 12.8. The van der Waals surface area contributed by atoms with Crippen LogP contribution in [0.2, 0.25) is 0 Å². The molecular weight excluding hydrogens is 877 g/mol. The zero-order valence-corrected chi connectivity index (χ0v) is 46.5. The van der Waals surface area contributed by atoms with Gasteiger partial charge in [0.25, 0.3) is 0 Å². The lowest BCUT2D eigenvalue weighted by atomic mass is 10.1. The Morgan fingerprint density at radius 3 is 0.958 bits per heavy atom. The number of rotatable bonds is 53. The molecule has 0 aliphatic rings. The van der Waals surface area contributed by atoms with Crippen molar-refractivity contribution in [2.75, 3.05) is 13.2 Å². The molecule has 0 bridgehead atoms. The van der Waals surface area contributed by atoms with E-state index in [2.05, 4.69) is 69.4 Å². The molecule has 0 amide bonds. The van der Waals surface area contributed by atoms with Gasteiger partial charge in [-0.05, 0) is 89.9 Å². The van der Waals surface area contributed by atoms with Crippen LogP contribution in [-0.4, -0.2) is 37.2 Å². The molecule has 0 aliphatic carbocycles. The highest BCUT2D eigenvalue weighted by Gasteiger charge is 2.19. The number of allylic oxidation sites excluding steroid dienone is 16. The smallest absolute Gasteiger partial charge is 0.306 e. The summed E-state index contributed by atoms with van der Waals surface area (Å²) in [6, 6.07) is 0. The molecule has 6 heteroatoms. The molecule has 0 aromatic heterocycles. The summed E-state index contributed by atoms with van der Waals surface area (Å²) in [5.74, 6) is -0.940. The van der Waals surface area contributed by atoms with E-state index in [1.165, 1.54) is 167 Å². The van der Waals surface area contributed by atoms with Gasteiger partial charge in [-0.25, -0.2) is 0 Å². The topological polar surface area (TPSA) is 78.9 Å². The standard InChI is InChI=1S/C65H110O6/c1-4-7-10-13-16-19-22-25-28-30-32-34-37-40-43-46-49-52-55-58-64(67)70-61-62(60-69-63(66)57-54-51-48-45-42-39-36-27-24-21-18-15-12-9-6-3)71-65(68)59-56-53-50-47-44-41-38-35-33-31-29-26-23-20-17-14-11-8-5-2/h9,12,15-16,18-19,21-22,24-25,27,31,33,36,39,42,62H,4-8,10-11,13-14,17,20,23,26,28-30,32,34-35,37-38,40-41,43-61H2,1-3H3/b12-9-,18-15-,19-16-,24-21-,25-22-,33-31-,36-27-,42-39-. The van der Waals surface area contributed by atoms with E-state index in [4.69, 9.17) is 14.2 Å². The van der Waals surface area contributed by atoms with Gasteiger partial charge in [0, 0.05) is 19.3 Å². The first-order valence-corrected chi connectivity index (χ1v) is 29.8. The van der Waals surface area contributed by atoms with Crippen LogP contribution in [0.15, 0.2) is 97.2 Å². The van der Waals surface area contributed by atoms with Crippen LogP contribution in [0.3, 0.4) is 0 Å². The predicted octanol–water partition coefficient (Wildman–Crippen LogP) is 20.1. The minimum atomic E-state index is -0.801. The van der Waals surface area contributed by atoms with Crippen molar-refractivity contribution in [1.82, 2.24) is 0 Å². The molecule has 0 fully saturated rings. The van der Waals surface area contributed by atoms with Crippen LogP contribution >= 0.6 is 0 Å². The van der Waals surface area contributed by atoms with Crippen molar-refractivity contribution < 1.29 is 28.6 Å². The van der Waals surface area contributed by atoms with E-state index in [1.807, 2.05) is 48.6 Å². The minimum Gasteiger partial charge on any atom is -0.462 e. The molecule has 0 N–H and O–H groups in total. The zero-order valence-electron chi connectivity index (χ0n) is 46.5. The summed E-state index contributed by atoms with van der Waals surface area (Å²) in [4.78, 5) is 38.2. The van der Waals surface area contributed by atoms with Crippen LogP contribution in [0.4, 0.5) is 0 Å². The fraction of sp³-hybridized carbons (Fsp3) is 0.708. The van der Waals surface area contributed by atoms with Crippen molar-refractivity contribution in [2.45, 2.75) is 284 Å². The Balaban J connectivity index is 4.44. The number of hydrogen-bond acceptors (Lipinski definition) is 6. The summed E-state index contributed by atoms with van der Waals surface area (Å²) < 4.78 is 16.9. The van der Waals surface area contributed by atoms with E-state index in [-0.39, 0.29) is 31.1 Å². The van der Waals surface area contributed by atoms with E-state index >= 15 is 0 Å². The number of esters is 3. The van der Waals surface area contributed by atoms with Gasteiger partial charge in [0.05, 0.1) is 0 Å². The Hall–Kier alpha value is -3.67. The summed E-state index contributed by atoms with van der Waals surface area (Å²) in [6.07, 6.45) is 78.3. The van der Waals surface area contributed by atoms with Crippen molar-refractivity contribution in [3.63, 3.8) is 0 Å². The molecule has 0 rings (SSSR count). The maximum Gasteiger partial charge on any atom is 0.306 e. The number of hydrogen-bond donors (Lipinski definition) is 0. The van der Waals surface area contributed by atoms with Gasteiger partial charge in [-0.3, -0.25) is 14.4 Å². The second kappa shape index (κ2) is 58.9. The second-order valence-corrected chi connectivity index (χ2v) is 19.7. The number of carbonyl (C=O) groups is 3. The molecule has 1 unspecified atom stereocenters. The van der Waals surface area contributed by atoms with Gasteiger partial charge in [-0.2, -0.15) is 0 Å². The third-order valence-corrected chi connectivity index (χ3v) is 12.7. The van der Waals surface area contributed by atoms with Gasteiger partial charge in [0.1, 0.15) is 13.2 Å². The third kappa shape index (κ3) is 57.1. The van der Waals surface area contributed by atoms with Crippen LogP contribution in [0.5, 0.6) is 0 Å². The Morgan fingerprint density at radius 1 is 0.296 bits per heavy atom. The van der Waals surface area contributed by atoms with Gasteiger partial charge in [-0.1, -0.05) is 266 Å². The van der Waals surface area contributed by atoms with Crippen molar-refractivity contribution in [2.24, 2.45) is 0 Å². The van der Waals surface area contributed by atoms with E-state index in [0.717, 1.165) is 70.6 Å². The first-order valence-electron chi connectivity index (χ1n) is 29.8. The van der Waals surface area contributed by atoms with Gasteiger partial charge >= 0.3 is 17.9 Å². The average molecular weight is 988 g/mol. The first-order chi connectivity index (χ1) is 35.0. The molecule has 1 atom stereocenters. The average Bonchev–Trinajstić information content (AvgIpc) is 3.37. The van der Waals surface area contributed by atoms with Crippen molar-refractivity contribution in [3.05, 3.63) is 97.2 Å². The Morgan fingerprint density at radius 2 is 0.563 bits per heavy atom. The van der Waals surface area contributed by atoms with Crippen molar-refractivity contribution >= 4 is 17.9 Å². The fourth-order valence-electron chi connectivity index (χ4n) is 8.21.